The molecule has 5 heteroatoms. The highest BCUT2D eigenvalue weighted by Gasteiger charge is 2.11. The molecule has 2 N–H and O–H groups in total. The minimum Gasteiger partial charge on any atom is -0.396 e. The van der Waals surface area contributed by atoms with E-state index in [1.54, 1.807) is 6.20 Å². The summed E-state index contributed by atoms with van der Waals surface area (Å²) in [6.07, 6.45) is 3.09. The Morgan fingerprint density at radius 1 is 1.73 bits per heavy atom. The Labute approximate surface area is 93.4 Å². The standard InChI is InChI=1S/C10H16N2O2S/c1-7(4-3-5-13)12-10(14)9-6-11-8(2)15-9/h6-7,13H,3-5H2,1-2H3,(H,12,14). The summed E-state index contributed by atoms with van der Waals surface area (Å²) in [4.78, 5) is 16.3. The van der Waals surface area contributed by atoms with E-state index in [1.807, 2.05) is 13.8 Å². The number of rotatable bonds is 5. The SMILES string of the molecule is Cc1ncc(C(=O)NC(C)CCCO)s1. The van der Waals surface area contributed by atoms with E-state index in [4.69, 9.17) is 5.11 Å². The van der Waals surface area contributed by atoms with Gasteiger partial charge in [0, 0.05) is 12.6 Å². The zero-order valence-electron chi connectivity index (χ0n) is 8.99. The highest BCUT2D eigenvalue weighted by molar-refractivity contribution is 7.13. The van der Waals surface area contributed by atoms with Crippen LogP contribution in [0.25, 0.3) is 0 Å². The number of aryl methyl sites for hydroxylation is 1. The van der Waals surface area contributed by atoms with Gasteiger partial charge in [-0.15, -0.1) is 11.3 Å². The van der Waals surface area contributed by atoms with Crippen molar-refractivity contribution in [2.24, 2.45) is 0 Å². The maximum atomic E-state index is 11.6. The van der Waals surface area contributed by atoms with Gasteiger partial charge in [0.2, 0.25) is 0 Å². The molecule has 0 aliphatic rings. The predicted octanol–water partition coefficient (Wildman–Crippen LogP) is 1.34. The van der Waals surface area contributed by atoms with Gasteiger partial charge in [-0.1, -0.05) is 0 Å². The Bertz CT molecular complexity index is 325. The number of aliphatic hydroxyl groups excluding tert-OH is 1. The van der Waals surface area contributed by atoms with Crippen LogP contribution in [-0.4, -0.2) is 28.6 Å². The van der Waals surface area contributed by atoms with Crippen molar-refractivity contribution in [3.63, 3.8) is 0 Å². The van der Waals surface area contributed by atoms with E-state index in [9.17, 15) is 4.79 Å². The first-order valence-electron chi connectivity index (χ1n) is 4.97. The van der Waals surface area contributed by atoms with Crippen LogP contribution in [0.5, 0.6) is 0 Å². The lowest BCUT2D eigenvalue weighted by Crippen LogP contribution is -2.32. The molecular weight excluding hydrogens is 212 g/mol. The second-order valence-electron chi connectivity index (χ2n) is 3.48. The van der Waals surface area contributed by atoms with E-state index < -0.39 is 0 Å². The number of hydrogen-bond donors (Lipinski definition) is 2. The topological polar surface area (TPSA) is 62.2 Å². The first-order chi connectivity index (χ1) is 7.13. The number of carbonyl (C=O) groups excluding carboxylic acids is 1. The van der Waals surface area contributed by atoms with Crippen molar-refractivity contribution in [2.45, 2.75) is 32.7 Å². The fraction of sp³-hybridized carbons (Fsp3) is 0.600. The first-order valence-corrected chi connectivity index (χ1v) is 5.79. The Morgan fingerprint density at radius 2 is 2.47 bits per heavy atom. The fourth-order valence-electron chi connectivity index (χ4n) is 1.23. The summed E-state index contributed by atoms with van der Waals surface area (Å²) in [6, 6.07) is 0.0899. The smallest absolute Gasteiger partial charge is 0.263 e. The number of nitrogens with one attached hydrogen (secondary N) is 1. The average Bonchev–Trinajstić information content (AvgIpc) is 2.61. The minimum atomic E-state index is -0.0777. The molecule has 0 saturated heterocycles. The predicted molar refractivity (Wildman–Crippen MR) is 60.1 cm³/mol. The molecule has 0 aromatic carbocycles. The highest BCUT2D eigenvalue weighted by Crippen LogP contribution is 2.11. The van der Waals surface area contributed by atoms with Crippen LogP contribution in [0.4, 0.5) is 0 Å². The van der Waals surface area contributed by atoms with Crippen molar-refractivity contribution in [3.05, 3.63) is 16.1 Å². The van der Waals surface area contributed by atoms with Gasteiger partial charge in [-0.2, -0.15) is 0 Å². The maximum absolute atomic E-state index is 11.6. The van der Waals surface area contributed by atoms with E-state index in [0.717, 1.165) is 11.4 Å². The molecule has 0 aliphatic heterocycles. The van der Waals surface area contributed by atoms with Crippen molar-refractivity contribution in [1.29, 1.82) is 0 Å². The zero-order chi connectivity index (χ0) is 11.3. The summed E-state index contributed by atoms with van der Waals surface area (Å²) >= 11 is 1.39. The molecule has 0 bridgehead atoms. The number of hydrogen-bond acceptors (Lipinski definition) is 4. The Balaban J connectivity index is 2.42. The van der Waals surface area contributed by atoms with Crippen LogP contribution in [0.3, 0.4) is 0 Å². The Morgan fingerprint density at radius 3 is 3.00 bits per heavy atom. The van der Waals surface area contributed by atoms with Gasteiger partial charge in [-0.3, -0.25) is 4.79 Å². The lowest BCUT2D eigenvalue weighted by atomic mass is 10.2. The Kier molecular flexibility index (Phi) is 4.71. The number of aromatic nitrogens is 1. The molecule has 0 fully saturated rings. The number of thiazole rings is 1. The molecule has 1 amide bonds. The van der Waals surface area contributed by atoms with Crippen molar-refractivity contribution in [1.82, 2.24) is 10.3 Å². The molecule has 84 valence electrons. The van der Waals surface area contributed by atoms with Gasteiger partial charge >= 0.3 is 0 Å². The van der Waals surface area contributed by atoms with E-state index in [2.05, 4.69) is 10.3 Å². The van der Waals surface area contributed by atoms with Crippen LogP contribution in [0.1, 0.15) is 34.4 Å². The molecule has 15 heavy (non-hydrogen) atoms. The molecule has 0 radical (unpaired) electrons. The molecule has 1 heterocycles. The summed E-state index contributed by atoms with van der Waals surface area (Å²) in [5.41, 5.74) is 0. The van der Waals surface area contributed by atoms with Crippen LogP contribution >= 0.6 is 11.3 Å². The van der Waals surface area contributed by atoms with E-state index in [0.29, 0.717) is 11.3 Å². The molecule has 4 nitrogen and oxygen atoms in total. The second-order valence-corrected chi connectivity index (χ2v) is 4.72. The van der Waals surface area contributed by atoms with Gasteiger partial charge in [-0.25, -0.2) is 4.98 Å². The van der Waals surface area contributed by atoms with Gasteiger partial charge in [-0.05, 0) is 26.7 Å². The third kappa shape index (κ3) is 3.97. The zero-order valence-corrected chi connectivity index (χ0v) is 9.80. The number of nitrogens with zero attached hydrogens (tertiary/aromatic N) is 1. The minimum absolute atomic E-state index is 0.0777. The molecule has 1 aromatic heterocycles. The molecule has 1 rings (SSSR count). The van der Waals surface area contributed by atoms with Gasteiger partial charge in [0.1, 0.15) is 4.88 Å². The molecule has 0 aliphatic carbocycles. The molecule has 1 atom stereocenters. The van der Waals surface area contributed by atoms with Crippen LogP contribution in [0.2, 0.25) is 0 Å². The van der Waals surface area contributed by atoms with Crippen molar-refractivity contribution >= 4 is 17.2 Å². The van der Waals surface area contributed by atoms with Gasteiger partial charge in [0.15, 0.2) is 0 Å². The number of aliphatic hydroxyl groups is 1. The molecule has 0 saturated carbocycles. The third-order valence-corrected chi connectivity index (χ3v) is 2.93. The van der Waals surface area contributed by atoms with E-state index in [-0.39, 0.29) is 18.6 Å². The van der Waals surface area contributed by atoms with Gasteiger partial charge in [0.25, 0.3) is 5.91 Å². The highest BCUT2D eigenvalue weighted by atomic mass is 32.1. The van der Waals surface area contributed by atoms with Crippen LogP contribution < -0.4 is 5.32 Å². The molecule has 1 aromatic rings. The van der Waals surface area contributed by atoms with Crippen LogP contribution in [-0.2, 0) is 0 Å². The number of carbonyl (C=O) groups is 1. The maximum Gasteiger partial charge on any atom is 0.263 e. The fourth-order valence-corrected chi connectivity index (χ4v) is 1.91. The third-order valence-electron chi connectivity index (χ3n) is 2.02. The van der Waals surface area contributed by atoms with Gasteiger partial charge in [0.05, 0.1) is 11.2 Å². The first kappa shape index (κ1) is 12.1. The summed E-state index contributed by atoms with van der Waals surface area (Å²) < 4.78 is 0. The Hall–Kier alpha value is -0.940. The molecule has 1 unspecified atom stereocenters. The van der Waals surface area contributed by atoms with Crippen LogP contribution in [0.15, 0.2) is 6.20 Å². The second kappa shape index (κ2) is 5.82. The summed E-state index contributed by atoms with van der Waals surface area (Å²) in [6.45, 7) is 3.97. The summed E-state index contributed by atoms with van der Waals surface area (Å²) in [5.74, 6) is -0.0777. The monoisotopic (exact) mass is 228 g/mol. The van der Waals surface area contributed by atoms with Crippen molar-refractivity contribution < 1.29 is 9.90 Å². The summed E-state index contributed by atoms with van der Waals surface area (Å²) in [7, 11) is 0. The van der Waals surface area contributed by atoms with E-state index >= 15 is 0 Å². The lowest BCUT2D eigenvalue weighted by molar-refractivity contribution is 0.0940. The van der Waals surface area contributed by atoms with Crippen molar-refractivity contribution in [2.75, 3.05) is 6.61 Å². The lowest BCUT2D eigenvalue weighted by Gasteiger charge is -2.11. The van der Waals surface area contributed by atoms with E-state index in [1.165, 1.54) is 11.3 Å². The normalized spacial score (nSPS) is 12.5. The molecule has 0 spiro atoms. The largest absolute Gasteiger partial charge is 0.396 e. The van der Waals surface area contributed by atoms with Crippen molar-refractivity contribution in [3.8, 4) is 0 Å². The molecular formula is C10H16N2O2S. The average molecular weight is 228 g/mol. The number of amides is 1. The summed E-state index contributed by atoms with van der Waals surface area (Å²) in [5, 5.41) is 12.4. The van der Waals surface area contributed by atoms with Gasteiger partial charge < -0.3 is 10.4 Å². The van der Waals surface area contributed by atoms with Crippen LogP contribution in [0, 0.1) is 6.92 Å². The quantitative estimate of drug-likeness (QED) is 0.799.